The van der Waals surface area contributed by atoms with Crippen molar-refractivity contribution in [3.05, 3.63) is 245 Å². The van der Waals surface area contributed by atoms with Gasteiger partial charge in [-0.25, -0.2) is 0 Å². The number of fused-ring (bicyclic) bond motifs is 7. The summed E-state index contributed by atoms with van der Waals surface area (Å²) in [5, 5.41) is 7.49. The topological polar surface area (TPSA) is 9.86 Å². The molecule has 0 atom stereocenters. The average molecular weight is 769 g/mol. The molecule has 2 aromatic heterocycles. The Morgan fingerprint density at radius 3 is 1.27 bits per heavy atom. The largest absolute Gasteiger partial charge is 0.309 e. The van der Waals surface area contributed by atoms with Crippen LogP contribution in [0.25, 0.3) is 99.1 Å². The van der Waals surface area contributed by atoms with E-state index in [0.29, 0.717) is 0 Å². The Balaban J connectivity index is 0.000000730. The standard InChI is InChI=1S/C52H34N2.C4H6.C2H4/c1-2-15-36(16-3-1)41-18-6-10-22-47(41)53-49-24-12-8-20-43(49)45-33-38(28-30-51(45)53)39-29-31-52-46(34-39)44-21-9-13-25-50(44)54(52)48-23-11-7-19-42(48)40-27-26-35-14-4-5-17-37(35)32-40;1-3-4-2;1-2/h1-34H;3-4H,1-2H2;1-2H2. The quantitative estimate of drug-likeness (QED) is 0.118. The van der Waals surface area contributed by atoms with Gasteiger partial charge in [-0.1, -0.05) is 177 Å². The second kappa shape index (κ2) is 16.5. The van der Waals surface area contributed by atoms with Gasteiger partial charge < -0.3 is 9.13 Å². The van der Waals surface area contributed by atoms with Crippen molar-refractivity contribution in [1.82, 2.24) is 9.13 Å². The lowest BCUT2D eigenvalue weighted by Gasteiger charge is -2.15. The molecule has 0 spiro atoms. The summed E-state index contributed by atoms with van der Waals surface area (Å²) in [4.78, 5) is 0. The molecule has 0 aliphatic carbocycles. The minimum atomic E-state index is 1.18. The number of para-hydroxylation sites is 4. The summed E-state index contributed by atoms with van der Waals surface area (Å²) in [7, 11) is 0. The van der Waals surface area contributed by atoms with Crippen molar-refractivity contribution in [2.24, 2.45) is 0 Å². The van der Waals surface area contributed by atoms with Gasteiger partial charge in [-0.3, -0.25) is 0 Å². The van der Waals surface area contributed by atoms with E-state index in [2.05, 4.69) is 242 Å². The van der Waals surface area contributed by atoms with Crippen LogP contribution in [0.3, 0.4) is 0 Å². The summed E-state index contributed by atoms with van der Waals surface area (Å²) in [6, 6.07) is 75.2. The molecule has 0 aliphatic rings. The summed E-state index contributed by atoms with van der Waals surface area (Å²) in [6.45, 7) is 12.7. The van der Waals surface area contributed by atoms with Crippen molar-refractivity contribution in [2.75, 3.05) is 0 Å². The number of rotatable bonds is 6. The molecule has 11 aromatic rings. The molecular formula is C58H44N2. The van der Waals surface area contributed by atoms with Crippen molar-refractivity contribution in [3.63, 3.8) is 0 Å². The van der Waals surface area contributed by atoms with Crippen LogP contribution in [0, 0.1) is 0 Å². The Labute approximate surface area is 351 Å². The van der Waals surface area contributed by atoms with Crippen molar-refractivity contribution >= 4 is 54.4 Å². The van der Waals surface area contributed by atoms with Gasteiger partial charge in [0.25, 0.3) is 0 Å². The summed E-state index contributed by atoms with van der Waals surface area (Å²) in [5.41, 5.74) is 14.4. The van der Waals surface area contributed by atoms with E-state index >= 15 is 0 Å². The Kier molecular flexibility index (Phi) is 10.3. The molecule has 2 heterocycles. The summed E-state index contributed by atoms with van der Waals surface area (Å²) in [6.07, 6.45) is 3.28. The van der Waals surface area contributed by atoms with Gasteiger partial charge >= 0.3 is 0 Å². The van der Waals surface area contributed by atoms with Crippen LogP contribution in [0.15, 0.2) is 245 Å². The van der Waals surface area contributed by atoms with Gasteiger partial charge in [-0.15, -0.1) is 13.2 Å². The number of nitrogens with zero attached hydrogens (tertiary/aromatic N) is 2. The predicted octanol–water partition coefficient (Wildman–Crippen LogP) is 16.2. The van der Waals surface area contributed by atoms with Crippen molar-refractivity contribution < 1.29 is 0 Å². The summed E-state index contributed by atoms with van der Waals surface area (Å²) < 4.78 is 4.88. The maximum Gasteiger partial charge on any atom is 0.0541 e. The Morgan fingerprint density at radius 2 is 0.717 bits per heavy atom. The molecule has 0 aliphatic heterocycles. The molecule has 0 amide bonds. The third-order valence-electron chi connectivity index (χ3n) is 11.3. The van der Waals surface area contributed by atoms with E-state index in [1.54, 1.807) is 12.2 Å². The first-order chi connectivity index (χ1) is 29.7. The van der Waals surface area contributed by atoms with Gasteiger partial charge in [-0.05, 0) is 87.6 Å². The van der Waals surface area contributed by atoms with Crippen molar-refractivity contribution in [1.29, 1.82) is 0 Å². The SMILES string of the molecule is C=C.C=CC=C.c1ccc(-c2ccccc2-n2c3ccccc3c3cc(-c4ccc5c(c4)c4ccccc4n5-c4ccccc4-c4ccc5ccccc5c4)ccc32)cc1. The highest BCUT2D eigenvalue weighted by Crippen LogP contribution is 2.41. The van der Waals surface area contributed by atoms with Crippen LogP contribution in [-0.4, -0.2) is 9.13 Å². The van der Waals surface area contributed by atoms with Crippen LogP contribution in [0.1, 0.15) is 0 Å². The molecule has 11 rings (SSSR count). The van der Waals surface area contributed by atoms with Gasteiger partial charge in [0, 0.05) is 32.7 Å². The second-order valence-electron chi connectivity index (χ2n) is 14.6. The van der Waals surface area contributed by atoms with Crippen LogP contribution in [-0.2, 0) is 0 Å². The average Bonchev–Trinajstić information content (AvgIpc) is 3.84. The van der Waals surface area contributed by atoms with E-state index in [9.17, 15) is 0 Å². The lowest BCUT2D eigenvalue weighted by Crippen LogP contribution is -1.97. The lowest BCUT2D eigenvalue weighted by molar-refractivity contribution is 1.18. The molecule has 2 nitrogen and oxygen atoms in total. The fraction of sp³-hybridized carbons (Fsp3) is 0. The summed E-state index contributed by atoms with van der Waals surface area (Å²) in [5.74, 6) is 0. The Hall–Kier alpha value is -7.94. The molecule has 0 radical (unpaired) electrons. The number of hydrogen-bond acceptors (Lipinski definition) is 0. The molecular weight excluding hydrogens is 725 g/mol. The zero-order chi connectivity index (χ0) is 41.0. The van der Waals surface area contributed by atoms with Gasteiger partial charge in [0.1, 0.15) is 0 Å². The molecule has 0 unspecified atom stereocenters. The van der Waals surface area contributed by atoms with Crippen LogP contribution >= 0.6 is 0 Å². The minimum Gasteiger partial charge on any atom is -0.309 e. The van der Waals surface area contributed by atoms with Gasteiger partial charge in [0.15, 0.2) is 0 Å². The fourth-order valence-corrected chi connectivity index (χ4v) is 8.62. The van der Waals surface area contributed by atoms with Crippen LogP contribution in [0.2, 0.25) is 0 Å². The molecule has 0 saturated heterocycles. The minimum absolute atomic E-state index is 1.18. The first-order valence-corrected chi connectivity index (χ1v) is 20.3. The molecule has 0 N–H and O–H groups in total. The maximum atomic E-state index is 3.36. The molecule has 0 saturated carbocycles. The molecule has 60 heavy (non-hydrogen) atoms. The monoisotopic (exact) mass is 768 g/mol. The van der Waals surface area contributed by atoms with E-state index in [4.69, 9.17) is 0 Å². The van der Waals surface area contributed by atoms with Crippen molar-refractivity contribution in [2.45, 2.75) is 0 Å². The number of allylic oxidation sites excluding steroid dienone is 2. The smallest absolute Gasteiger partial charge is 0.0541 e. The number of benzene rings is 9. The molecule has 0 bridgehead atoms. The molecule has 0 fully saturated rings. The normalized spacial score (nSPS) is 10.9. The van der Waals surface area contributed by atoms with Crippen molar-refractivity contribution in [3.8, 4) is 44.8 Å². The third kappa shape index (κ3) is 6.61. The first kappa shape index (κ1) is 37.6. The Bertz CT molecular complexity index is 3340. The van der Waals surface area contributed by atoms with E-state index in [1.807, 2.05) is 0 Å². The molecule has 9 aromatic carbocycles. The van der Waals surface area contributed by atoms with E-state index < -0.39 is 0 Å². The maximum absolute atomic E-state index is 3.36. The van der Waals surface area contributed by atoms with E-state index in [1.165, 1.54) is 99.1 Å². The second-order valence-corrected chi connectivity index (χ2v) is 14.6. The lowest BCUT2D eigenvalue weighted by atomic mass is 9.99. The van der Waals surface area contributed by atoms with Gasteiger partial charge in [-0.2, -0.15) is 0 Å². The zero-order valence-electron chi connectivity index (χ0n) is 33.5. The van der Waals surface area contributed by atoms with E-state index in [-0.39, 0.29) is 0 Å². The number of hydrogen-bond donors (Lipinski definition) is 0. The fourth-order valence-electron chi connectivity index (χ4n) is 8.62. The van der Waals surface area contributed by atoms with Gasteiger partial charge in [0.2, 0.25) is 0 Å². The van der Waals surface area contributed by atoms with Crippen LogP contribution < -0.4 is 0 Å². The third-order valence-corrected chi connectivity index (χ3v) is 11.3. The van der Waals surface area contributed by atoms with Gasteiger partial charge in [0.05, 0.1) is 33.4 Å². The Morgan fingerprint density at radius 1 is 0.300 bits per heavy atom. The zero-order valence-corrected chi connectivity index (χ0v) is 33.5. The first-order valence-electron chi connectivity index (χ1n) is 20.3. The summed E-state index contributed by atoms with van der Waals surface area (Å²) >= 11 is 0. The highest BCUT2D eigenvalue weighted by Gasteiger charge is 2.19. The number of aromatic nitrogens is 2. The van der Waals surface area contributed by atoms with Crippen LogP contribution in [0.5, 0.6) is 0 Å². The molecule has 2 heteroatoms. The highest BCUT2D eigenvalue weighted by atomic mass is 15.0. The highest BCUT2D eigenvalue weighted by molar-refractivity contribution is 6.13. The molecule has 286 valence electrons. The predicted molar refractivity (Wildman–Crippen MR) is 261 cm³/mol. The van der Waals surface area contributed by atoms with E-state index in [0.717, 1.165) is 0 Å². The van der Waals surface area contributed by atoms with Crippen LogP contribution in [0.4, 0.5) is 0 Å².